The maximum absolute atomic E-state index is 13.7. The molecule has 5 aromatic rings. The van der Waals surface area contributed by atoms with Crippen molar-refractivity contribution in [3.8, 4) is 5.75 Å². The van der Waals surface area contributed by atoms with Crippen LogP contribution in [0.5, 0.6) is 5.75 Å². The van der Waals surface area contributed by atoms with Gasteiger partial charge in [-0.1, -0.05) is 35.9 Å². The first-order valence-corrected chi connectivity index (χ1v) is 19.5. The van der Waals surface area contributed by atoms with Gasteiger partial charge in [0.1, 0.15) is 26.9 Å². The Morgan fingerprint density at radius 3 is 2.09 bits per heavy atom. The third-order valence-corrected chi connectivity index (χ3v) is 10.5. The van der Waals surface area contributed by atoms with E-state index in [1.807, 2.05) is 18.2 Å². The molecule has 0 saturated heterocycles. The zero-order valence-electron chi connectivity index (χ0n) is 26.8. The number of fused-ring (bicyclic) bond motifs is 2. The molecule has 0 atom stereocenters. The summed E-state index contributed by atoms with van der Waals surface area (Å²) in [5, 5.41) is 15.2. The number of ketones is 1. The average Bonchev–Trinajstić information content (AvgIpc) is 3.09. The first-order valence-electron chi connectivity index (χ1n) is 14.8. The fourth-order valence-corrected chi connectivity index (χ4v) is 7.33. The molecule has 272 valence electrons. The number of azo groups is 1. The smallest absolute Gasteiger partial charge is 0.296 e. The van der Waals surface area contributed by atoms with Crippen LogP contribution in [0.3, 0.4) is 0 Å². The lowest BCUT2D eigenvalue weighted by Crippen LogP contribution is -2.27. The zero-order valence-corrected chi connectivity index (χ0v) is 30.0. The molecular weight excluding hydrogens is 774 g/mol. The van der Waals surface area contributed by atoms with Crippen molar-refractivity contribution in [1.29, 1.82) is 0 Å². The van der Waals surface area contributed by atoms with E-state index in [9.17, 15) is 43.7 Å². The topological polar surface area (TPSA) is 251 Å². The number of para-hydroxylation sites is 1. The third-order valence-electron chi connectivity index (χ3n) is 7.68. The van der Waals surface area contributed by atoms with E-state index in [-0.39, 0.29) is 49.7 Å². The molecule has 16 nitrogen and oxygen atoms in total. The first-order chi connectivity index (χ1) is 24.9. The Balaban J connectivity index is 1.47. The quantitative estimate of drug-likeness (QED) is 0.0540. The second kappa shape index (κ2) is 14.1. The highest BCUT2D eigenvalue weighted by atomic mass is 35.5. The van der Waals surface area contributed by atoms with E-state index in [1.54, 1.807) is 18.2 Å². The number of ether oxygens (including phenoxy) is 1. The lowest BCUT2D eigenvalue weighted by Gasteiger charge is -2.18. The van der Waals surface area contributed by atoms with Gasteiger partial charge < -0.3 is 10.1 Å². The van der Waals surface area contributed by atoms with Crippen molar-refractivity contribution in [2.75, 3.05) is 17.9 Å². The predicted octanol–water partition coefficient (Wildman–Crippen LogP) is 7.05. The van der Waals surface area contributed by atoms with E-state index in [0.29, 0.717) is 5.69 Å². The molecule has 0 aromatic heterocycles. The summed E-state index contributed by atoms with van der Waals surface area (Å²) >= 11 is 5.89. The Hall–Kier alpha value is -5.54. The van der Waals surface area contributed by atoms with Crippen LogP contribution in [0.15, 0.2) is 121 Å². The van der Waals surface area contributed by atoms with Crippen molar-refractivity contribution in [2.45, 2.75) is 9.79 Å². The van der Waals surface area contributed by atoms with Crippen molar-refractivity contribution in [3.05, 3.63) is 112 Å². The van der Waals surface area contributed by atoms with Crippen LogP contribution in [-0.2, 0) is 30.4 Å². The molecular formula is C33H24ClN5O11S3. The number of anilines is 3. The summed E-state index contributed by atoms with van der Waals surface area (Å²) in [6.07, 6.45) is 1.08. The summed E-state index contributed by atoms with van der Waals surface area (Å²) in [5.74, 6) is -0.937. The molecule has 0 bridgehead atoms. The van der Waals surface area contributed by atoms with Crippen molar-refractivity contribution >= 4 is 98.7 Å². The van der Waals surface area contributed by atoms with E-state index in [0.717, 1.165) is 36.0 Å². The monoisotopic (exact) mass is 797 g/mol. The van der Waals surface area contributed by atoms with Crippen LogP contribution in [0.2, 0.25) is 5.02 Å². The predicted molar refractivity (Wildman–Crippen MR) is 197 cm³/mol. The number of rotatable bonds is 10. The highest BCUT2D eigenvalue weighted by Gasteiger charge is 2.33. The Bertz CT molecular complexity index is 2770. The van der Waals surface area contributed by atoms with Gasteiger partial charge in [0, 0.05) is 38.8 Å². The summed E-state index contributed by atoms with van der Waals surface area (Å²) in [6, 6.07) is 21.5. The maximum atomic E-state index is 13.7. The Labute approximate surface area is 306 Å². The summed E-state index contributed by atoms with van der Waals surface area (Å²) < 4.78 is 108. The lowest BCUT2D eigenvalue weighted by atomic mass is 9.94. The summed E-state index contributed by atoms with van der Waals surface area (Å²) in [5.41, 5.74) is 2.83. The van der Waals surface area contributed by atoms with E-state index in [2.05, 4.69) is 26.1 Å². The standard InChI is InChI=1S/C33H24ClN5O11S3/c1-50-28-17-27(37-36-26-12-7-19(34)15-29(26)52(44,45)46)25-16-22(51(41,42)43)9-11-24(25)31(28)38-39-32-30(53(47,48)49)14-18-13-21(8-10-23(18)33(32)40)35-20-5-3-2-4-6-20/h2-17,35,38H,1H3,(H,41,42,43)(H,44,45,46)(H,47,48,49)/b37-36?,39-32+. The number of halogens is 1. The molecule has 1 aliphatic carbocycles. The molecule has 0 saturated carbocycles. The van der Waals surface area contributed by atoms with Crippen LogP contribution >= 0.6 is 11.6 Å². The summed E-state index contributed by atoms with van der Waals surface area (Å²) in [6.45, 7) is 0. The number of methoxy groups -OCH3 is 1. The van der Waals surface area contributed by atoms with Gasteiger partial charge in [-0.05, 0) is 72.3 Å². The lowest BCUT2D eigenvalue weighted by molar-refractivity contribution is 0.106. The van der Waals surface area contributed by atoms with Crippen molar-refractivity contribution < 1.29 is 48.4 Å². The average molecular weight is 798 g/mol. The molecule has 0 aliphatic heterocycles. The molecule has 0 spiro atoms. The van der Waals surface area contributed by atoms with Gasteiger partial charge in [-0.15, -0.1) is 10.2 Å². The molecule has 0 radical (unpaired) electrons. The molecule has 5 N–H and O–H groups in total. The molecule has 0 heterocycles. The number of benzene rings is 5. The SMILES string of the molecule is COc1cc(N=Nc2ccc(Cl)cc2S(=O)(=O)O)c2cc(S(=O)(=O)O)ccc2c1N/N=C1/C(=O)c2ccc(Nc3ccccc3)cc2C=C1S(=O)(=O)O. The van der Waals surface area contributed by atoms with Crippen LogP contribution in [0.4, 0.5) is 28.4 Å². The molecule has 0 unspecified atom stereocenters. The van der Waals surface area contributed by atoms with E-state index in [4.69, 9.17) is 16.3 Å². The second-order valence-corrected chi connectivity index (χ2v) is 15.8. The number of hydrogen-bond acceptors (Lipinski definition) is 13. The molecule has 5 aromatic carbocycles. The minimum atomic E-state index is -5.04. The molecule has 53 heavy (non-hydrogen) atoms. The van der Waals surface area contributed by atoms with Gasteiger partial charge in [0.25, 0.3) is 30.4 Å². The summed E-state index contributed by atoms with van der Waals surface area (Å²) in [7, 11) is -13.4. The van der Waals surface area contributed by atoms with E-state index >= 15 is 0 Å². The normalized spacial score (nSPS) is 14.3. The number of allylic oxidation sites excluding steroid dienone is 1. The minimum Gasteiger partial charge on any atom is -0.494 e. The zero-order chi connectivity index (χ0) is 38.3. The molecule has 6 rings (SSSR count). The number of nitrogens with one attached hydrogen (secondary N) is 2. The van der Waals surface area contributed by atoms with Gasteiger partial charge in [0.15, 0.2) is 5.71 Å². The van der Waals surface area contributed by atoms with Gasteiger partial charge in [-0.3, -0.25) is 23.9 Å². The Morgan fingerprint density at radius 1 is 0.717 bits per heavy atom. The van der Waals surface area contributed by atoms with Crippen LogP contribution < -0.4 is 15.5 Å². The Kier molecular flexibility index (Phi) is 9.92. The number of hydrazone groups is 1. The van der Waals surface area contributed by atoms with Gasteiger partial charge >= 0.3 is 0 Å². The number of hydrogen-bond donors (Lipinski definition) is 5. The molecule has 1 aliphatic rings. The summed E-state index contributed by atoms with van der Waals surface area (Å²) in [4.78, 5) is 11.6. The highest BCUT2D eigenvalue weighted by molar-refractivity contribution is 7.91. The number of carbonyl (C=O) groups is 1. The van der Waals surface area contributed by atoms with Crippen LogP contribution in [0.1, 0.15) is 15.9 Å². The first kappa shape index (κ1) is 37.2. The largest absolute Gasteiger partial charge is 0.494 e. The fourth-order valence-electron chi connectivity index (χ4n) is 5.28. The second-order valence-electron chi connectivity index (χ2n) is 11.1. The molecule has 0 fully saturated rings. The minimum absolute atomic E-state index is 0.0321. The maximum Gasteiger partial charge on any atom is 0.296 e. The van der Waals surface area contributed by atoms with E-state index in [1.165, 1.54) is 37.4 Å². The number of carbonyl (C=O) groups excluding carboxylic acids is 1. The van der Waals surface area contributed by atoms with Gasteiger partial charge in [-0.2, -0.15) is 30.4 Å². The number of nitrogens with zero attached hydrogens (tertiary/aromatic N) is 3. The van der Waals surface area contributed by atoms with Gasteiger partial charge in [0.2, 0.25) is 5.78 Å². The van der Waals surface area contributed by atoms with Gasteiger partial charge in [-0.25, -0.2) is 0 Å². The fraction of sp³-hybridized carbons (Fsp3) is 0.0303. The van der Waals surface area contributed by atoms with Crippen LogP contribution in [0.25, 0.3) is 16.8 Å². The van der Waals surface area contributed by atoms with E-state index < -0.39 is 56.5 Å². The van der Waals surface area contributed by atoms with Gasteiger partial charge in [0.05, 0.1) is 17.7 Å². The molecule has 0 amide bonds. The number of Topliss-reactive ketones (excluding diaryl/α,β-unsaturated/α-hetero) is 1. The van der Waals surface area contributed by atoms with Crippen LogP contribution in [-0.4, -0.2) is 57.5 Å². The van der Waals surface area contributed by atoms with Crippen molar-refractivity contribution in [1.82, 2.24) is 0 Å². The Morgan fingerprint density at radius 2 is 1.43 bits per heavy atom. The highest BCUT2D eigenvalue weighted by Crippen LogP contribution is 2.42. The van der Waals surface area contributed by atoms with Crippen molar-refractivity contribution in [3.63, 3.8) is 0 Å². The van der Waals surface area contributed by atoms with Crippen molar-refractivity contribution in [2.24, 2.45) is 15.3 Å². The molecule has 20 heteroatoms. The third kappa shape index (κ3) is 7.95. The van der Waals surface area contributed by atoms with Crippen LogP contribution in [0, 0.1) is 0 Å².